The van der Waals surface area contributed by atoms with Gasteiger partial charge in [-0.05, 0) is 18.2 Å². The van der Waals surface area contributed by atoms with E-state index in [1.54, 1.807) is 18.2 Å². The number of halogens is 1. The van der Waals surface area contributed by atoms with Crippen molar-refractivity contribution in [1.29, 1.82) is 0 Å². The molecule has 0 amide bonds. The molecule has 0 heterocycles. The fraction of sp³-hybridized carbons (Fsp3) is 0. The van der Waals surface area contributed by atoms with Gasteiger partial charge in [0, 0.05) is 22.1 Å². The Bertz CT molecular complexity index is 332. The molecule has 0 spiro atoms. The topological polar surface area (TPSA) is 60.0 Å². The normalized spacial score (nSPS) is 9.61. The first-order valence-corrected chi connectivity index (χ1v) is 4.69. The van der Waals surface area contributed by atoms with Crippen molar-refractivity contribution >= 4 is 11.6 Å². The number of benzene rings is 1. The second kappa shape index (κ2) is 18.3. The molecule has 1 N–H and O–H groups in total. The predicted octanol–water partition coefficient (Wildman–Crippen LogP) is 3.14. The molecule has 0 atom stereocenters. The van der Waals surface area contributed by atoms with Crippen LogP contribution >= 0.6 is 11.6 Å². The summed E-state index contributed by atoms with van der Waals surface area (Å²) >= 11 is 5.48. The van der Waals surface area contributed by atoms with Crippen molar-refractivity contribution in [3.8, 4) is 5.75 Å². The van der Waals surface area contributed by atoms with Crippen molar-refractivity contribution in [1.82, 2.24) is 0 Å². The van der Waals surface area contributed by atoms with Gasteiger partial charge in [0.25, 0.3) is 0 Å². The summed E-state index contributed by atoms with van der Waals surface area (Å²) in [6.45, 7) is 9.00. The molecule has 0 unspecified atom stereocenters. The van der Waals surface area contributed by atoms with E-state index < -0.39 is 0 Å². The summed E-state index contributed by atoms with van der Waals surface area (Å²) in [7, 11) is 0. The molecule has 2 radical (unpaired) electrons. The van der Waals surface area contributed by atoms with E-state index in [1.807, 2.05) is 31.4 Å². The Hall–Kier alpha value is -1.08. The zero-order valence-electron chi connectivity index (χ0n) is 9.19. The van der Waals surface area contributed by atoms with Gasteiger partial charge in [-0.25, -0.2) is 18.6 Å². The quantitative estimate of drug-likeness (QED) is 0.447. The van der Waals surface area contributed by atoms with Gasteiger partial charge in [0.1, 0.15) is 5.75 Å². The largest absolute Gasteiger partial charge is 0.231 e. The van der Waals surface area contributed by atoms with Crippen LogP contribution in [0.1, 0.15) is 0 Å². The standard InChI is InChI=1S/C6H5ClO.C5H5.2CO.Fe/c7-5-2-1-3-6(8)4-5;1-2-4-5-3-1;2*1-2;/h1-4,8H;1-5H;;;/q;-1;;;. The van der Waals surface area contributed by atoms with E-state index in [2.05, 4.69) is 13.3 Å². The summed E-state index contributed by atoms with van der Waals surface area (Å²) in [5.74, 6) is 0.206. The second-order valence-corrected chi connectivity index (χ2v) is 2.88. The van der Waals surface area contributed by atoms with E-state index in [-0.39, 0.29) is 22.8 Å². The molecule has 96 valence electrons. The molecule has 0 fully saturated rings. The van der Waals surface area contributed by atoms with Crippen LogP contribution in [0.15, 0.2) is 36.4 Å². The Morgan fingerprint density at radius 1 is 1.17 bits per heavy atom. The third-order valence-electron chi connectivity index (χ3n) is 1.36. The summed E-state index contributed by atoms with van der Waals surface area (Å²) in [6, 6.07) is 6.46. The number of hydrogen-bond acceptors (Lipinski definition) is 1. The number of phenolic OH excluding ortho intramolecular Hbond substituents is 1. The Morgan fingerprint density at radius 2 is 1.78 bits per heavy atom. The summed E-state index contributed by atoms with van der Waals surface area (Å²) < 4.78 is 15.0. The van der Waals surface area contributed by atoms with E-state index in [0.717, 1.165) is 0 Å². The maximum atomic E-state index is 8.73. The van der Waals surface area contributed by atoms with Crippen molar-refractivity contribution in [2.75, 3.05) is 0 Å². The third-order valence-corrected chi connectivity index (χ3v) is 1.60. The summed E-state index contributed by atoms with van der Waals surface area (Å²) in [5, 5.41) is 9.29. The van der Waals surface area contributed by atoms with Gasteiger partial charge in [0.05, 0.1) is 0 Å². The van der Waals surface area contributed by atoms with Crippen molar-refractivity contribution in [2.45, 2.75) is 0 Å². The molecule has 1 aliphatic carbocycles. The van der Waals surface area contributed by atoms with E-state index in [1.165, 1.54) is 6.07 Å². The fourth-order valence-electron chi connectivity index (χ4n) is 0.797. The molecule has 1 aromatic rings. The molecule has 1 aliphatic rings. The second-order valence-electron chi connectivity index (χ2n) is 2.44. The van der Waals surface area contributed by atoms with E-state index >= 15 is 0 Å². The predicted molar refractivity (Wildman–Crippen MR) is 63.0 cm³/mol. The van der Waals surface area contributed by atoms with Gasteiger partial charge in [-0.2, -0.15) is 0 Å². The molecule has 0 bridgehead atoms. The van der Waals surface area contributed by atoms with Crippen LogP contribution in [0.4, 0.5) is 0 Å². The molecule has 0 aromatic heterocycles. The van der Waals surface area contributed by atoms with E-state index in [0.29, 0.717) is 5.02 Å². The van der Waals surface area contributed by atoms with Gasteiger partial charge in [0.15, 0.2) is 0 Å². The number of allylic oxidation sites excluding steroid dienone is 2. The molecular formula is C13H10ClFeO3-. The zero-order valence-corrected chi connectivity index (χ0v) is 11.1. The minimum atomic E-state index is 0. The fourth-order valence-corrected chi connectivity index (χ4v) is 0.981. The van der Waals surface area contributed by atoms with Crippen LogP contribution in [0.3, 0.4) is 0 Å². The van der Waals surface area contributed by atoms with Gasteiger partial charge in [-0.1, -0.05) is 17.7 Å². The van der Waals surface area contributed by atoms with Crippen molar-refractivity contribution in [2.24, 2.45) is 0 Å². The van der Waals surface area contributed by atoms with Crippen LogP contribution in [0.5, 0.6) is 5.75 Å². The van der Waals surface area contributed by atoms with Crippen LogP contribution < -0.4 is 0 Å². The Kier molecular flexibility index (Phi) is 22.5. The maximum absolute atomic E-state index is 8.73. The van der Waals surface area contributed by atoms with E-state index in [4.69, 9.17) is 26.0 Å². The molecule has 18 heavy (non-hydrogen) atoms. The Balaban J connectivity index is -0.000000196. The number of aromatic hydroxyl groups is 1. The van der Waals surface area contributed by atoms with Crippen LogP contribution in [-0.4, -0.2) is 5.11 Å². The van der Waals surface area contributed by atoms with Gasteiger partial charge < -0.3 is 5.11 Å². The van der Waals surface area contributed by atoms with Crippen molar-refractivity contribution < 1.29 is 31.5 Å². The van der Waals surface area contributed by atoms with Crippen LogP contribution in [-0.2, 0) is 26.4 Å². The number of rotatable bonds is 0. The molecule has 5 heteroatoms. The number of hydrogen-bond donors (Lipinski definition) is 1. The molecule has 3 nitrogen and oxygen atoms in total. The molecule has 1 aromatic carbocycles. The monoisotopic (exact) mass is 305 g/mol. The van der Waals surface area contributed by atoms with Crippen LogP contribution in [0, 0.1) is 32.6 Å². The molecule has 0 saturated carbocycles. The van der Waals surface area contributed by atoms with Gasteiger partial charge in [-0.15, -0.1) is 12.8 Å². The summed E-state index contributed by atoms with van der Waals surface area (Å²) in [5.41, 5.74) is 0. The zero-order chi connectivity index (χ0) is 13.5. The summed E-state index contributed by atoms with van der Waals surface area (Å²) in [6.07, 6.45) is 10.0. The van der Waals surface area contributed by atoms with Crippen LogP contribution in [0.25, 0.3) is 0 Å². The third kappa shape index (κ3) is 14.9. The SMILES string of the molecule is Oc1cccc(Cl)c1.[C-]#[O+].[C-]#[O+].[CH]1[CH][CH-]C=C1.[Fe]. The minimum Gasteiger partial charge on any atom is -0.231 e. The Morgan fingerprint density at radius 3 is 2.00 bits per heavy atom. The maximum Gasteiger partial charge on any atom is 0 e. The van der Waals surface area contributed by atoms with Crippen LogP contribution in [0.2, 0.25) is 5.02 Å². The molecule has 0 aliphatic heterocycles. The average Bonchev–Trinajstić information content (AvgIpc) is 2.93. The van der Waals surface area contributed by atoms with Gasteiger partial charge in [-0.3, -0.25) is 0 Å². The molecular weight excluding hydrogens is 295 g/mol. The van der Waals surface area contributed by atoms with Gasteiger partial charge >= 0.3 is 22.6 Å². The first kappa shape index (κ1) is 22.1. The summed E-state index contributed by atoms with van der Waals surface area (Å²) in [4.78, 5) is 0. The molecule has 0 saturated heterocycles. The number of phenols is 1. The first-order valence-electron chi connectivity index (χ1n) is 4.31. The van der Waals surface area contributed by atoms with Gasteiger partial charge in [0.2, 0.25) is 0 Å². The average molecular weight is 306 g/mol. The Labute approximate surface area is 123 Å². The first-order chi connectivity index (χ1) is 8.29. The van der Waals surface area contributed by atoms with Crippen molar-refractivity contribution in [3.05, 3.63) is 74.0 Å². The smallest absolute Gasteiger partial charge is 0 e. The van der Waals surface area contributed by atoms with Crippen molar-refractivity contribution in [3.63, 3.8) is 0 Å². The molecule has 2 rings (SSSR count). The minimum absolute atomic E-state index is 0. The van der Waals surface area contributed by atoms with E-state index in [9.17, 15) is 0 Å².